The lowest BCUT2D eigenvalue weighted by molar-refractivity contribution is 0.617. The molecule has 0 atom stereocenters. The van der Waals surface area contributed by atoms with Gasteiger partial charge in [-0.05, 0) is 12.1 Å². The second-order valence-corrected chi connectivity index (χ2v) is 6.41. The van der Waals surface area contributed by atoms with Crippen molar-refractivity contribution in [2.24, 2.45) is 0 Å². The predicted octanol–water partition coefficient (Wildman–Crippen LogP) is 5.22. The molecule has 0 unspecified atom stereocenters. The predicted molar refractivity (Wildman–Crippen MR) is 96.6 cm³/mol. The van der Waals surface area contributed by atoms with Crippen molar-refractivity contribution in [1.29, 1.82) is 0 Å². The van der Waals surface area contributed by atoms with Gasteiger partial charge >= 0.3 is 0 Å². The largest absolute Gasteiger partial charge is 0.298 e. The molecule has 0 aliphatic carbocycles. The molecule has 3 nitrogen and oxygen atoms in total. The maximum atomic E-state index is 13.9. The summed E-state index contributed by atoms with van der Waals surface area (Å²) in [5, 5.41) is 9.65. The van der Waals surface area contributed by atoms with Crippen LogP contribution in [0.3, 0.4) is 0 Å². The summed E-state index contributed by atoms with van der Waals surface area (Å²) in [5.41, 5.74) is 1.45. The van der Waals surface area contributed by atoms with Crippen LogP contribution in [0, 0.1) is 5.82 Å². The highest BCUT2D eigenvalue weighted by Gasteiger charge is 2.15. The first-order valence-corrected chi connectivity index (χ1v) is 8.72. The van der Waals surface area contributed by atoms with Crippen molar-refractivity contribution in [2.75, 3.05) is 0 Å². The van der Waals surface area contributed by atoms with Crippen LogP contribution in [0.5, 0.6) is 0 Å². The molecule has 0 bridgehead atoms. The van der Waals surface area contributed by atoms with Crippen LogP contribution >= 0.6 is 23.4 Å². The number of hydrogen-bond donors (Lipinski definition) is 0. The molecule has 0 amide bonds. The summed E-state index contributed by atoms with van der Waals surface area (Å²) in [6, 6.07) is 14.5. The monoisotopic (exact) mass is 359 g/mol. The van der Waals surface area contributed by atoms with Gasteiger partial charge in [0.25, 0.3) is 0 Å². The van der Waals surface area contributed by atoms with E-state index >= 15 is 0 Å². The summed E-state index contributed by atoms with van der Waals surface area (Å²) < 4.78 is 15.9. The molecule has 122 valence electrons. The molecule has 0 fully saturated rings. The van der Waals surface area contributed by atoms with Crippen LogP contribution in [0.1, 0.15) is 5.56 Å². The number of rotatable bonds is 6. The molecule has 6 heteroatoms. The smallest absolute Gasteiger partial charge is 0.192 e. The zero-order chi connectivity index (χ0) is 16.9. The lowest BCUT2D eigenvalue weighted by Gasteiger charge is -2.09. The lowest BCUT2D eigenvalue weighted by Crippen LogP contribution is -2.01. The Kier molecular flexibility index (Phi) is 5.33. The van der Waals surface area contributed by atoms with Crippen molar-refractivity contribution in [3.05, 3.63) is 77.6 Å². The standard InChI is InChI=1S/C18H15ClFN3S/c1-2-11-23-17(13-7-4-3-5-8-13)21-22-18(23)24-12-14-15(19)9-6-10-16(14)20/h2-10H,1,11-12H2. The van der Waals surface area contributed by atoms with E-state index in [0.29, 0.717) is 28.0 Å². The maximum absolute atomic E-state index is 13.9. The first-order valence-electron chi connectivity index (χ1n) is 7.36. The molecule has 0 saturated carbocycles. The minimum atomic E-state index is -0.312. The third-order valence-electron chi connectivity index (χ3n) is 3.47. The Morgan fingerprint density at radius 2 is 1.92 bits per heavy atom. The molecule has 0 radical (unpaired) electrons. The average Bonchev–Trinajstić information content (AvgIpc) is 2.98. The van der Waals surface area contributed by atoms with Crippen molar-refractivity contribution in [3.63, 3.8) is 0 Å². The van der Waals surface area contributed by atoms with Crippen LogP contribution in [0.2, 0.25) is 5.02 Å². The Bertz CT molecular complexity index is 828. The summed E-state index contributed by atoms with van der Waals surface area (Å²) >= 11 is 7.49. The normalized spacial score (nSPS) is 10.8. The van der Waals surface area contributed by atoms with Gasteiger partial charge in [0.2, 0.25) is 0 Å². The van der Waals surface area contributed by atoms with Crippen LogP contribution in [0.15, 0.2) is 66.3 Å². The zero-order valence-corrected chi connectivity index (χ0v) is 14.4. The molecule has 0 spiro atoms. The van der Waals surface area contributed by atoms with Gasteiger partial charge in [-0.2, -0.15) is 0 Å². The third kappa shape index (κ3) is 3.52. The fourth-order valence-corrected chi connectivity index (χ4v) is 3.59. The summed E-state index contributed by atoms with van der Waals surface area (Å²) in [4.78, 5) is 0. The van der Waals surface area contributed by atoms with Gasteiger partial charge in [0.1, 0.15) is 5.82 Å². The summed E-state index contributed by atoms with van der Waals surface area (Å²) in [6.45, 7) is 4.37. The third-order valence-corrected chi connectivity index (χ3v) is 4.82. The number of allylic oxidation sites excluding steroid dienone is 1. The van der Waals surface area contributed by atoms with Crippen molar-refractivity contribution in [1.82, 2.24) is 14.8 Å². The van der Waals surface area contributed by atoms with Crippen molar-refractivity contribution in [2.45, 2.75) is 17.5 Å². The fraction of sp³-hybridized carbons (Fsp3) is 0.111. The summed E-state index contributed by atoms with van der Waals surface area (Å²) in [5.74, 6) is 0.834. The quantitative estimate of drug-likeness (QED) is 0.446. The SMILES string of the molecule is C=CCn1c(SCc2c(F)cccc2Cl)nnc1-c1ccccc1. The van der Waals surface area contributed by atoms with Gasteiger partial charge in [0.15, 0.2) is 11.0 Å². The highest BCUT2D eigenvalue weighted by Crippen LogP contribution is 2.30. The van der Waals surface area contributed by atoms with E-state index < -0.39 is 0 Å². The van der Waals surface area contributed by atoms with Crippen molar-refractivity contribution in [3.8, 4) is 11.4 Å². The van der Waals surface area contributed by atoms with Gasteiger partial charge in [0.05, 0.1) is 0 Å². The second-order valence-electron chi connectivity index (χ2n) is 5.06. The Labute approximate surface area is 149 Å². The van der Waals surface area contributed by atoms with Gasteiger partial charge in [-0.25, -0.2) is 4.39 Å². The molecule has 1 heterocycles. The van der Waals surface area contributed by atoms with Crippen LogP contribution in [-0.4, -0.2) is 14.8 Å². The van der Waals surface area contributed by atoms with E-state index in [1.54, 1.807) is 18.2 Å². The van der Waals surface area contributed by atoms with Gasteiger partial charge in [-0.1, -0.05) is 65.8 Å². The van der Waals surface area contributed by atoms with Crippen molar-refractivity contribution >= 4 is 23.4 Å². The molecule has 1 aromatic heterocycles. The lowest BCUT2D eigenvalue weighted by atomic mass is 10.2. The van der Waals surface area contributed by atoms with E-state index in [-0.39, 0.29) is 5.82 Å². The Hall–Kier alpha value is -2.11. The van der Waals surface area contributed by atoms with Crippen LogP contribution < -0.4 is 0 Å². The molecule has 0 N–H and O–H groups in total. The van der Waals surface area contributed by atoms with Crippen LogP contribution in [0.4, 0.5) is 4.39 Å². The molecule has 24 heavy (non-hydrogen) atoms. The fourth-order valence-electron chi connectivity index (χ4n) is 2.30. The van der Waals surface area contributed by atoms with E-state index in [1.807, 2.05) is 34.9 Å². The van der Waals surface area contributed by atoms with Crippen molar-refractivity contribution < 1.29 is 4.39 Å². The number of hydrogen-bond acceptors (Lipinski definition) is 3. The number of benzene rings is 2. The van der Waals surface area contributed by atoms with E-state index in [2.05, 4.69) is 16.8 Å². The summed E-state index contributed by atoms with van der Waals surface area (Å²) in [6.07, 6.45) is 1.79. The molecule has 2 aromatic carbocycles. The van der Waals surface area contributed by atoms with Gasteiger partial charge in [-0.3, -0.25) is 4.57 Å². The Morgan fingerprint density at radius 3 is 2.62 bits per heavy atom. The molecule has 0 saturated heterocycles. The Morgan fingerprint density at radius 1 is 1.12 bits per heavy atom. The molecule has 0 aliphatic rings. The Balaban J connectivity index is 1.89. The number of thioether (sulfide) groups is 1. The molecular weight excluding hydrogens is 345 g/mol. The summed E-state index contributed by atoms with van der Waals surface area (Å²) in [7, 11) is 0. The van der Waals surface area contributed by atoms with E-state index in [1.165, 1.54) is 17.8 Å². The van der Waals surface area contributed by atoms with E-state index in [9.17, 15) is 4.39 Å². The highest BCUT2D eigenvalue weighted by atomic mass is 35.5. The molecule has 3 aromatic rings. The average molecular weight is 360 g/mol. The van der Waals surface area contributed by atoms with Crippen LogP contribution in [-0.2, 0) is 12.3 Å². The number of halogens is 2. The van der Waals surface area contributed by atoms with Gasteiger partial charge < -0.3 is 0 Å². The zero-order valence-electron chi connectivity index (χ0n) is 12.8. The number of nitrogens with zero attached hydrogens (tertiary/aromatic N) is 3. The van der Waals surface area contributed by atoms with E-state index in [4.69, 9.17) is 11.6 Å². The van der Waals surface area contributed by atoms with E-state index in [0.717, 1.165) is 11.4 Å². The molecule has 0 aliphatic heterocycles. The highest BCUT2D eigenvalue weighted by molar-refractivity contribution is 7.98. The minimum Gasteiger partial charge on any atom is -0.298 e. The molecule has 3 rings (SSSR count). The van der Waals surface area contributed by atoms with Crippen LogP contribution in [0.25, 0.3) is 11.4 Å². The second kappa shape index (κ2) is 7.64. The molecular formula is C18H15ClFN3S. The maximum Gasteiger partial charge on any atom is 0.192 e. The number of aromatic nitrogens is 3. The minimum absolute atomic E-state index is 0.312. The first-order chi connectivity index (χ1) is 11.7. The topological polar surface area (TPSA) is 30.7 Å². The van der Waals surface area contributed by atoms with Gasteiger partial charge in [0, 0.05) is 28.4 Å². The first kappa shape index (κ1) is 16.7. The van der Waals surface area contributed by atoms with Gasteiger partial charge in [-0.15, -0.1) is 16.8 Å².